The van der Waals surface area contributed by atoms with Gasteiger partial charge in [-0.05, 0) is 76.5 Å². The van der Waals surface area contributed by atoms with Crippen molar-refractivity contribution >= 4 is 5.84 Å². The minimum absolute atomic E-state index is 0.410. The predicted octanol–water partition coefficient (Wildman–Crippen LogP) is 6.17. The van der Waals surface area contributed by atoms with E-state index in [2.05, 4.69) is 96.2 Å². The van der Waals surface area contributed by atoms with Crippen molar-refractivity contribution in [2.24, 2.45) is 4.99 Å². The number of nitrogens with one attached hydrogen (secondary N) is 2. The standard InChI is InChI=1S/C30H41N3/c1-24-16-18-27(19-17-24)20-22-32-25(2)23-28-14-7-8-15-29(28)30(31-3)33-21-10-9-13-26-11-5-4-6-12-26/h4-5,7-8,11,14-19,25,32H,6,9-10,12-13,20-23H2,1-3H3,(H,31,33). The van der Waals surface area contributed by atoms with Crippen LogP contribution in [0.1, 0.15) is 61.3 Å². The van der Waals surface area contributed by atoms with E-state index in [0.717, 1.165) is 31.8 Å². The maximum absolute atomic E-state index is 4.59. The van der Waals surface area contributed by atoms with Crippen LogP contribution in [0.15, 0.2) is 77.3 Å². The monoisotopic (exact) mass is 443 g/mol. The molecular weight excluding hydrogens is 402 g/mol. The van der Waals surface area contributed by atoms with Crippen molar-refractivity contribution in [2.45, 2.75) is 64.8 Å². The average molecular weight is 444 g/mol. The van der Waals surface area contributed by atoms with E-state index in [1.54, 1.807) is 5.57 Å². The zero-order chi connectivity index (χ0) is 23.3. The van der Waals surface area contributed by atoms with Gasteiger partial charge in [0.15, 0.2) is 0 Å². The zero-order valence-corrected chi connectivity index (χ0v) is 20.7. The molecule has 0 spiro atoms. The highest BCUT2D eigenvalue weighted by Crippen LogP contribution is 2.18. The lowest BCUT2D eigenvalue weighted by Crippen LogP contribution is -2.32. The first-order valence-electron chi connectivity index (χ1n) is 12.6. The number of aryl methyl sites for hydroxylation is 1. The summed E-state index contributed by atoms with van der Waals surface area (Å²) in [6, 6.07) is 17.9. The minimum Gasteiger partial charge on any atom is -0.370 e. The lowest BCUT2D eigenvalue weighted by molar-refractivity contribution is 0.548. The molecule has 1 unspecified atom stereocenters. The van der Waals surface area contributed by atoms with Gasteiger partial charge in [-0.1, -0.05) is 77.9 Å². The molecule has 33 heavy (non-hydrogen) atoms. The molecule has 176 valence electrons. The van der Waals surface area contributed by atoms with Crippen LogP contribution in [-0.2, 0) is 12.8 Å². The Morgan fingerprint density at radius 1 is 1.00 bits per heavy atom. The minimum atomic E-state index is 0.410. The summed E-state index contributed by atoms with van der Waals surface area (Å²) in [5, 5.41) is 7.30. The van der Waals surface area contributed by atoms with Gasteiger partial charge in [0.25, 0.3) is 0 Å². The number of nitrogens with zero attached hydrogens (tertiary/aromatic N) is 1. The molecule has 0 amide bonds. The Hall–Kier alpha value is -2.65. The molecule has 3 heteroatoms. The summed E-state index contributed by atoms with van der Waals surface area (Å²) in [6.07, 6.45) is 14.8. The highest BCUT2D eigenvalue weighted by molar-refractivity contribution is 6.00. The van der Waals surface area contributed by atoms with Crippen molar-refractivity contribution < 1.29 is 0 Å². The van der Waals surface area contributed by atoms with Crippen LogP contribution in [0.2, 0.25) is 0 Å². The van der Waals surface area contributed by atoms with Gasteiger partial charge in [-0.2, -0.15) is 0 Å². The number of rotatable bonds is 12. The van der Waals surface area contributed by atoms with Gasteiger partial charge in [0.1, 0.15) is 5.84 Å². The predicted molar refractivity (Wildman–Crippen MR) is 143 cm³/mol. The molecule has 2 aromatic rings. The highest BCUT2D eigenvalue weighted by Gasteiger charge is 2.11. The van der Waals surface area contributed by atoms with Crippen LogP contribution in [0.4, 0.5) is 0 Å². The number of amidine groups is 1. The highest BCUT2D eigenvalue weighted by atomic mass is 15.0. The van der Waals surface area contributed by atoms with E-state index in [0.29, 0.717) is 6.04 Å². The third-order valence-electron chi connectivity index (χ3n) is 6.37. The van der Waals surface area contributed by atoms with Crippen molar-refractivity contribution in [1.29, 1.82) is 0 Å². The summed E-state index contributed by atoms with van der Waals surface area (Å²) >= 11 is 0. The molecule has 3 nitrogen and oxygen atoms in total. The number of hydrogen-bond donors (Lipinski definition) is 2. The van der Waals surface area contributed by atoms with Gasteiger partial charge in [0.2, 0.25) is 0 Å². The molecule has 0 aliphatic heterocycles. The SMILES string of the molecule is CN=C(NCCCCC1=CC=CCC1)c1ccccc1CC(C)NCCc1ccc(C)cc1. The largest absolute Gasteiger partial charge is 0.370 e. The third kappa shape index (κ3) is 8.66. The van der Waals surface area contributed by atoms with Crippen LogP contribution < -0.4 is 10.6 Å². The molecule has 0 saturated heterocycles. The molecule has 0 fully saturated rings. The van der Waals surface area contributed by atoms with Gasteiger partial charge in [-0.25, -0.2) is 0 Å². The average Bonchev–Trinajstić information content (AvgIpc) is 2.84. The fraction of sp³-hybridized carbons (Fsp3) is 0.433. The van der Waals surface area contributed by atoms with Crippen LogP contribution in [0, 0.1) is 6.92 Å². The molecular formula is C30H41N3. The molecule has 0 saturated carbocycles. The summed E-state index contributed by atoms with van der Waals surface area (Å²) in [4.78, 5) is 4.59. The Bertz CT molecular complexity index is 937. The zero-order valence-electron chi connectivity index (χ0n) is 20.7. The second kappa shape index (κ2) is 13.8. The number of unbranched alkanes of at least 4 members (excludes halogenated alkanes) is 1. The Labute approximate surface area is 201 Å². The molecule has 2 aromatic carbocycles. The fourth-order valence-corrected chi connectivity index (χ4v) is 4.39. The molecule has 0 heterocycles. The maximum Gasteiger partial charge on any atom is 0.128 e. The molecule has 0 aromatic heterocycles. The first kappa shape index (κ1) is 25.0. The molecule has 1 atom stereocenters. The Balaban J connectivity index is 1.45. The van der Waals surface area contributed by atoms with E-state index in [4.69, 9.17) is 0 Å². The summed E-state index contributed by atoms with van der Waals surface area (Å²) < 4.78 is 0. The molecule has 2 N–H and O–H groups in total. The lowest BCUT2D eigenvalue weighted by atomic mass is 9.99. The normalized spacial score (nSPS) is 14.8. The topological polar surface area (TPSA) is 36.4 Å². The Morgan fingerprint density at radius 3 is 2.58 bits per heavy atom. The van der Waals surface area contributed by atoms with Gasteiger partial charge in [0, 0.05) is 25.2 Å². The van der Waals surface area contributed by atoms with E-state index in [-0.39, 0.29) is 0 Å². The number of allylic oxidation sites excluding steroid dienone is 4. The van der Waals surface area contributed by atoms with Crippen LogP contribution in [0.25, 0.3) is 0 Å². The maximum atomic E-state index is 4.59. The third-order valence-corrected chi connectivity index (χ3v) is 6.37. The van der Waals surface area contributed by atoms with E-state index in [9.17, 15) is 0 Å². The van der Waals surface area contributed by atoms with E-state index < -0.39 is 0 Å². The van der Waals surface area contributed by atoms with Gasteiger partial charge in [-0.15, -0.1) is 0 Å². The first-order chi connectivity index (χ1) is 16.2. The summed E-state index contributed by atoms with van der Waals surface area (Å²) in [7, 11) is 1.89. The van der Waals surface area contributed by atoms with E-state index in [1.165, 1.54) is 54.4 Å². The molecule has 1 aliphatic carbocycles. The smallest absolute Gasteiger partial charge is 0.128 e. The van der Waals surface area contributed by atoms with E-state index in [1.807, 2.05) is 7.05 Å². The van der Waals surface area contributed by atoms with Crippen molar-refractivity contribution in [3.63, 3.8) is 0 Å². The van der Waals surface area contributed by atoms with Crippen LogP contribution >= 0.6 is 0 Å². The molecule has 1 aliphatic rings. The van der Waals surface area contributed by atoms with Gasteiger partial charge in [0.05, 0.1) is 0 Å². The second-order valence-corrected chi connectivity index (χ2v) is 9.20. The van der Waals surface area contributed by atoms with Crippen LogP contribution in [0.3, 0.4) is 0 Å². The lowest BCUT2D eigenvalue weighted by Gasteiger charge is -2.18. The fourth-order valence-electron chi connectivity index (χ4n) is 4.39. The molecule has 0 bridgehead atoms. The molecule has 3 rings (SSSR count). The first-order valence-corrected chi connectivity index (χ1v) is 12.6. The van der Waals surface area contributed by atoms with Gasteiger partial charge in [-0.3, -0.25) is 4.99 Å². The van der Waals surface area contributed by atoms with Gasteiger partial charge >= 0.3 is 0 Å². The summed E-state index contributed by atoms with van der Waals surface area (Å²) in [5.74, 6) is 1.01. The Morgan fingerprint density at radius 2 is 1.82 bits per heavy atom. The van der Waals surface area contributed by atoms with Gasteiger partial charge < -0.3 is 10.6 Å². The number of hydrogen-bond acceptors (Lipinski definition) is 2. The Kier molecular flexibility index (Phi) is 10.4. The quantitative estimate of drug-likeness (QED) is 0.234. The number of benzene rings is 2. The summed E-state index contributed by atoms with van der Waals surface area (Å²) in [6.45, 7) is 6.37. The summed E-state index contributed by atoms with van der Waals surface area (Å²) in [5.41, 5.74) is 6.88. The van der Waals surface area contributed by atoms with E-state index >= 15 is 0 Å². The van der Waals surface area contributed by atoms with Crippen molar-refractivity contribution in [3.8, 4) is 0 Å². The van der Waals surface area contributed by atoms with Crippen molar-refractivity contribution in [3.05, 3.63) is 94.6 Å². The number of aliphatic imine (C=N–C) groups is 1. The van der Waals surface area contributed by atoms with Crippen molar-refractivity contribution in [1.82, 2.24) is 10.6 Å². The van der Waals surface area contributed by atoms with Crippen LogP contribution in [-0.4, -0.2) is 32.0 Å². The van der Waals surface area contributed by atoms with Crippen LogP contribution in [0.5, 0.6) is 0 Å². The second-order valence-electron chi connectivity index (χ2n) is 9.20. The van der Waals surface area contributed by atoms with Crippen molar-refractivity contribution in [2.75, 3.05) is 20.1 Å². The molecule has 0 radical (unpaired) electrons.